The normalized spacial score (nSPS) is 23.0. The molecule has 0 spiro atoms. The monoisotopic (exact) mass is 142 g/mol. The molecule has 1 aliphatic rings. The second-order valence-corrected chi connectivity index (χ2v) is 2.78. The smallest absolute Gasteiger partial charge is 0.223 e. The number of carbonyl (C=O) groups is 1. The maximum atomic E-state index is 11.1. The van der Waals surface area contributed by atoms with E-state index in [9.17, 15) is 4.79 Å². The Hall–Kier alpha value is -0.570. The zero-order valence-electron chi connectivity index (χ0n) is 6.34. The molecule has 10 heavy (non-hydrogen) atoms. The summed E-state index contributed by atoms with van der Waals surface area (Å²) in [4.78, 5) is 12.8. The van der Waals surface area contributed by atoms with Gasteiger partial charge in [-0.1, -0.05) is 0 Å². The van der Waals surface area contributed by atoms with Crippen molar-refractivity contribution in [1.29, 1.82) is 0 Å². The summed E-state index contributed by atoms with van der Waals surface area (Å²) in [6.07, 6.45) is 2.71. The maximum absolute atomic E-state index is 11.1. The summed E-state index contributed by atoms with van der Waals surface area (Å²) >= 11 is 0. The molecule has 1 rings (SSSR count). The van der Waals surface area contributed by atoms with E-state index >= 15 is 0 Å². The first-order valence-corrected chi connectivity index (χ1v) is 3.77. The molecule has 58 valence electrons. The number of amides is 1. The third-order valence-corrected chi connectivity index (χ3v) is 1.85. The van der Waals surface area contributed by atoms with Gasteiger partial charge in [-0.3, -0.25) is 4.79 Å². The fraction of sp³-hybridized carbons (Fsp3) is 0.857. The number of rotatable bonds is 1. The third-order valence-electron chi connectivity index (χ3n) is 1.85. The molecule has 3 nitrogen and oxygen atoms in total. The highest BCUT2D eigenvalue weighted by atomic mass is 16.2. The van der Waals surface area contributed by atoms with Crippen LogP contribution in [0.2, 0.25) is 0 Å². The molecular formula is C7H14N2O. The van der Waals surface area contributed by atoms with Gasteiger partial charge in [0.05, 0.1) is 6.17 Å². The SMILES string of the molecule is CC(N)N1CCCCC1=O. The lowest BCUT2D eigenvalue weighted by atomic mass is 10.1. The maximum Gasteiger partial charge on any atom is 0.223 e. The number of likely N-dealkylation sites (tertiary alicyclic amines) is 1. The first kappa shape index (κ1) is 7.54. The van der Waals surface area contributed by atoms with Crippen LogP contribution >= 0.6 is 0 Å². The fourth-order valence-electron chi connectivity index (χ4n) is 1.26. The average molecular weight is 142 g/mol. The van der Waals surface area contributed by atoms with Crippen LogP contribution in [0.5, 0.6) is 0 Å². The van der Waals surface area contributed by atoms with Gasteiger partial charge in [-0.25, -0.2) is 0 Å². The van der Waals surface area contributed by atoms with Gasteiger partial charge in [-0.05, 0) is 19.8 Å². The molecular weight excluding hydrogens is 128 g/mol. The summed E-state index contributed by atoms with van der Waals surface area (Å²) in [5.41, 5.74) is 5.56. The molecule has 0 aliphatic carbocycles. The molecule has 1 fully saturated rings. The lowest BCUT2D eigenvalue weighted by Gasteiger charge is -2.29. The van der Waals surface area contributed by atoms with Crippen molar-refractivity contribution in [1.82, 2.24) is 4.90 Å². The van der Waals surface area contributed by atoms with Crippen LogP contribution in [0.15, 0.2) is 0 Å². The predicted octanol–water partition coefficient (Wildman–Crippen LogP) is 0.304. The van der Waals surface area contributed by atoms with E-state index in [-0.39, 0.29) is 12.1 Å². The molecule has 1 amide bonds. The van der Waals surface area contributed by atoms with E-state index in [0.29, 0.717) is 6.42 Å². The van der Waals surface area contributed by atoms with Gasteiger partial charge in [0.15, 0.2) is 0 Å². The number of hydrogen-bond acceptors (Lipinski definition) is 2. The largest absolute Gasteiger partial charge is 0.328 e. The lowest BCUT2D eigenvalue weighted by molar-refractivity contribution is -0.135. The number of nitrogens with two attached hydrogens (primary N) is 1. The van der Waals surface area contributed by atoms with Crippen molar-refractivity contribution in [2.45, 2.75) is 32.4 Å². The van der Waals surface area contributed by atoms with Crippen LogP contribution in [0.1, 0.15) is 26.2 Å². The Morgan fingerprint density at radius 3 is 2.70 bits per heavy atom. The number of hydrogen-bond donors (Lipinski definition) is 1. The summed E-state index contributed by atoms with van der Waals surface area (Å²) in [7, 11) is 0. The molecule has 1 heterocycles. The number of carbonyl (C=O) groups excluding carboxylic acids is 1. The van der Waals surface area contributed by atoms with Crippen LogP contribution in [-0.4, -0.2) is 23.5 Å². The summed E-state index contributed by atoms with van der Waals surface area (Å²) in [5.74, 6) is 0.209. The van der Waals surface area contributed by atoms with E-state index in [1.165, 1.54) is 0 Å². The van der Waals surface area contributed by atoms with Crippen LogP contribution in [0.3, 0.4) is 0 Å². The van der Waals surface area contributed by atoms with Crippen LogP contribution in [0.4, 0.5) is 0 Å². The summed E-state index contributed by atoms with van der Waals surface area (Å²) in [5, 5.41) is 0. The molecule has 1 saturated heterocycles. The minimum Gasteiger partial charge on any atom is -0.328 e. The summed E-state index contributed by atoms with van der Waals surface area (Å²) in [6.45, 7) is 2.69. The average Bonchev–Trinajstić information content (AvgIpc) is 1.88. The zero-order chi connectivity index (χ0) is 7.56. The Morgan fingerprint density at radius 2 is 2.30 bits per heavy atom. The van der Waals surface area contributed by atoms with Crippen LogP contribution in [0.25, 0.3) is 0 Å². The molecule has 3 heteroatoms. The first-order chi connectivity index (χ1) is 4.72. The van der Waals surface area contributed by atoms with E-state index in [2.05, 4.69) is 0 Å². The second-order valence-electron chi connectivity index (χ2n) is 2.78. The van der Waals surface area contributed by atoms with Crippen molar-refractivity contribution in [2.75, 3.05) is 6.54 Å². The van der Waals surface area contributed by atoms with E-state index in [4.69, 9.17) is 5.73 Å². The standard InChI is InChI=1S/C7H14N2O/c1-6(8)9-5-3-2-4-7(9)10/h6H,2-5,8H2,1H3. The minimum atomic E-state index is -0.104. The van der Waals surface area contributed by atoms with Gasteiger partial charge < -0.3 is 10.6 Å². The van der Waals surface area contributed by atoms with Crippen LogP contribution < -0.4 is 5.73 Å². The highest BCUT2D eigenvalue weighted by Gasteiger charge is 2.19. The van der Waals surface area contributed by atoms with Crippen molar-refractivity contribution in [3.63, 3.8) is 0 Å². The van der Waals surface area contributed by atoms with Gasteiger partial charge in [0.2, 0.25) is 5.91 Å². The highest BCUT2D eigenvalue weighted by molar-refractivity contribution is 5.77. The molecule has 0 aromatic carbocycles. The van der Waals surface area contributed by atoms with Crippen molar-refractivity contribution < 1.29 is 4.79 Å². The lowest BCUT2D eigenvalue weighted by Crippen LogP contribution is -2.46. The molecule has 0 saturated carbocycles. The van der Waals surface area contributed by atoms with Gasteiger partial charge in [-0.15, -0.1) is 0 Å². The quantitative estimate of drug-likeness (QED) is 0.572. The first-order valence-electron chi connectivity index (χ1n) is 3.77. The molecule has 0 aromatic rings. The van der Waals surface area contributed by atoms with E-state index < -0.39 is 0 Å². The van der Waals surface area contributed by atoms with Gasteiger partial charge in [0.25, 0.3) is 0 Å². The second kappa shape index (κ2) is 3.01. The Balaban J connectivity index is 2.48. The molecule has 0 bridgehead atoms. The molecule has 0 aromatic heterocycles. The van der Waals surface area contributed by atoms with Crippen molar-refractivity contribution >= 4 is 5.91 Å². The Morgan fingerprint density at radius 1 is 1.60 bits per heavy atom. The molecule has 2 N–H and O–H groups in total. The topological polar surface area (TPSA) is 46.3 Å². The molecule has 1 aliphatic heterocycles. The molecule has 1 unspecified atom stereocenters. The Kier molecular flexibility index (Phi) is 2.27. The van der Waals surface area contributed by atoms with Crippen LogP contribution in [-0.2, 0) is 4.79 Å². The number of nitrogens with zero attached hydrogens (tertiary/aromatic N) is 1. The van der Waals surface area contributed by atoms with E-state index in [0.717, 1.165) is 19.4 Å². The van der Waals surface area contributed by atoms with Crippen molar-refractivity contribution in [3.05, 3.63) is 0 Å². The van der Waals surface area contributed by atoms with Crippen molar-refractivity contribution in [2.24, 2.45) is 5.73 Å². The van der Waals surface area contributed by atoms with Gasteiger partial charge >= 0.3 is 0 Å². The summed E-state index contributed by atoms with van der Waals surface area (Å²) in [6, 6.07) is 0. The van der Waals surface area contributed by atoms with Crippen LogP contribution in [0, 0.1) is 0 Å². The third kappa shape index (κ3) is 1.48. The molecule has 0 radical (unpaired) electrons. The van der Waals surface area contributed by atoms with E-state index in [1.54, 1.807) is 4.90 Å². The van der Waals surface area contributed by atoms with Gasteiger partial charge in [0.1, 0.15) is 0 Å². The molecule has 1 atom stereocenters. The zero-order valence-corrected chi connectivity index (χ0v) is 6.34. The van der Waals surface area contributed by atoms with Crippen molar-refractivity contribution in [3.8, 4) is 0 Å². The van der Waals surface area contributed by atoms with E-state index in [1.807, 2.05) is 6.92 Å². The highest BCUT2D eigenvalue weighted by Crippen LogP contribution is 2.10. The minimum absolute atomic E-state index is 0.104. The van der Waals surface area contributed by atoms with Gasteiger partial charge in [0, 0.05) is 13.0 Å². The Bertz CT molecular complexity index is 134. The fourth-order valence-corrected chi connectivity index (χ4v) is 1.26. The summed E-state index contributed by atoms with van der Waals surface area (Å²) < 4.78 is 0. The predicted molar refractivity (Wildman–Crippen MR) is 39.2 cm³/mol. The number of piperidine rings is 1. The van der Waals surface area contributed by atoms with Gasteiger partial charge in [-0.2, -0.15) is 0 Å². The Labute approximate surface area is 61.2 Å².